The highest BCUT2D eigenvalue weighted by molar-refractivity contribution is 5.91. The highest BCUT2D eigenvalue weighted by atomic mass is 14.9. The van der Waals surface area contributed by atoms with Gasteiger partial charge in [-0.3, -0.25) is 4.98 Å². The fraction of sp³-hybridized carbons (Fsp3) is 0.400. The van der Waals surface area contributed by atoms with Crippen LogP contribution >= 0.6 is 0 Å². The molecule has 1 aromatic heterocycles. The largest absolute Gasteiger partial charge is 0.384 e. The first-order chi connectivity index (χ1) is 8.33. The second-order valence-electron chi connectivity index (χ2n) is 5.01. The Bertz CT molecular complexity index is 529. The Hall–Kier alpha value is -1.57. The summed E-state index contributed by atoms with van der Waals surface area (Å²) in [5.74, 6) is 0.877. The van der Waals surface area contributed by atoms with Crippen LogP contribution in [0.2, 0.25) is 0 Å². The van der Waals surface area contributed by atoms with Crippen molar-refractivity contribution in [3.63, 3.8) is 0 Å². The summed E-state index contributed by atoms with van der Waals surface area (Å²) in [4.78, 5) is 4.56. The average molecular weight is 226 g/mol. The summed E-state index contributed by atoms with van der Waals surface area (Å²) in [6, 6.07) is 10.5. The molecule has 1 aliphatic rings. The van der Waals surface area contributed by atoms with E-state index in [4.69, 9.17) is 0 Å². The van der Waals surface area contributed by atoms with Crippen molar-refractivity contribution in [3.05, 3.63) is 36.0 Å². The SMILES string of the molecule is Cc1cc(NCC2CCC2)c2ccccc2n1. The predicted octanol–water partition coefficient (Wildman–Crippen LogP) is 3.76. The first-order valence-electron chi connectivity index (χ1n) is 6.43. The molecule has 17 heavy (non-hydrogen) atoms. The zero-order chi connectivity index (χ0) is 11.7. The number of anilines is 1. The predicted molar refractivity (Wildman–Crippen MR) is 72.3 cm³/mol. The maximum Gasteiger partial charge on any atom is 0.0725 e. The van der Waals surface area contributed by atoms with Crippen LogP contribution in [0.15, 0.2) is 30.3 Å². The summed E-state index contributed by atoms with van der Waals surface area (Å²) in [6.07, 6.45) is 4.17. The van der Waals surface area contributed by atoms with Crippen LogP contribution in [-0.2, 0) is 0 Å². The average Bonchev–Trinajstić information content (AvgIpc) is 2.26. The van der Waals surface area contributed by atoms with Crippen LogP contribution < -0.4 is 5.32 Å². The van der Waals surface area contributed by atoms with E-state index in [1.807, 2.05) is 6.07 Å². The molecule has 0 atom stereocenters. The summed E-state index contributed by atoms with van der Waals surface area (Å²) in [7, 11) is 0. The number of para-hydroxylation sites is 1. The number of rotatable bonds is 3. The number of hydrogen-bond donors (Lipinski definition) is 1. The molecule has 1 saturated carbocycles. The molecule has 0 aliphatic heterocycles. The summed E-state index contributed by atoms with van der Waals surface area (Å²) in [6.45, 7) is 3.16. The van der Waals surface area contributed by atoms with Gasteiger partial charge in [0.05, 0.1) is 5.52 Å². The fourth-order valence-corrected chi connectivity index (χ4v) is 2.41. The van der Waals surface area contributed by atoms with Crippen molar-refractivity contribution in [2.45, 2.75) is 26.2 Å². The van der Waals surface area contributed by atoms with Crippen LogP contribution in [0.3, 0.4) is 0 Å². The van der Waals surface area contributed by atoms with Crippen LogP contribution in [0.4, 0.5) is 5.69 Å². The lowest BCUT2D eigenvalue weighted by Crippen LogP contribution is -2.21. The third-order valence-electron chi connectivity index (χ3n) is 3.65. The second kappa shape index (κ2) is 4.36. The smallest absolute Gasteiger partial charge is 0.0725 e. The van der Waals surface area contributed by atoms with Crippen molar-refractivity contribution in [2.24, 2.45) is 5.92 Å². The molecule has 0 unspecified atom stereocenters. The van der Waals surface area contributed by atoms with Crippen molar-refractivity contribution in [1.29, 1.82) is 0 Å². The summed E-state index contributed by atoms with van der Waals surface area (Å²) in [5.41, 5.74) is 3.41. The molecule has 0 bridgehead atoms. The molecule has 2 aromatic rings. The van der Waals surface area contributed by atoms with Crippen LogP contribution in [-0.4, -0.2) is 11.5 Å². The fourth-order valence-electron chi connectivity index (χ4n) is 2.41. The maximum absolute atomic E-state index is 4.56. The number of hydrogen-bond acceptors (Lipinski definition) is 2. The Balaban J connectivity index is 1.90. The molecule has 1 heterocycles. The van der Waals surface area contributed by atoms with Crippen molar-refractivity contribution < 1.29 is 0 Å². The van der Waals surface area contributed by atoms with Gasteiger partial charge in [-0.25, -0.2) is 0 Å². The van der Waals surface area contributed by atoms with Crippen LogP contribution in [0.5, 0.6) is 0 Å². The normalized spacial score (nSPS) is 15.8. The third kappa shape index (κ3) is 2.12. The standard InChI is InChI=1S/C15H18N2/c1-11-9-15(16-10-12-5-4-6-12)13-7-2-3-8-14(13)17-11/h2-3,7-9,12H,4-6,10H2,1H3,(H,16,17). The van der Waals surface area contributed by atoms with E-state index >= 15 is 0 Å². The van der Waals surface area contributed by atoms with Gasteiger partial charge in [0.1, 0.15) is 0 Å². The molecule has 0 amide bonds. The van der Waals surface area contributed by atoms with Crippen LogP contribution in [0.1, 0.15) is 25.0 Å². The highest BCUT2D eigenvalue weighted by Gasteiger charge is 2.17. The molecule has 0 saturated heterocycles. The van der Waals surface area contributed by atoms with Gasteiger partial charge in [0.25, 0.3) is 0 Å². The number of benzene rings is 1. The molecule has 2 nitrogen and oxygen atoms in total. The number of aryl methyl sites for hydroxylation is 1. The Kier molecular flexibility index (Phi) is 2.71. The van der Waals surface area contributed by atoms with Crippen molar-refractivity contribution in [3.8, 4) is 0 Å². The molecule has 3 rings (SSSR count). The van der Waals surface area contributed by atoms with Gasteiger partial charge in [0, 0.05) is 23.3 Å². The van der Waals surface area contributed by atoms with Crippen molar-refractivity contribution in [2.75, 3.05) is 11.9 Å². The Labute approximate surface area is 102 Å². The number of pyridine rings is 1. The molecule has 2 heteroatoms. The molecular weight excluding hydrogens is 208 g/mol. The minimum absolute atomic E-state index is 0.877. The number of nitrogens with one attached hydrogen (secondary N) is 1. The zero-order valence-electron chi connectivity index (χ0n) is 10.2. The van der Waals surface area contributed by atoms with E-state index in [9.17, 15) is 0 Å². The van der Waals surface area contributed by atoms with E-state index < -0.39 is 0 Å². The van der Waals surface area contributed by atoms with Crippen molar-refractivity contribution >= 4 is 16.6 Å². The molecule has 1 fully saturated rings. The van der Waals surface area contributed by atoms with E-state index in [2.05, 4.69) is 41.5 Å². The first kappa shape index (κ1) is 10.6. The van der Waals surface area contributed by atoms with E-state index in [0.29, 0.717) is 0 Å². The Morgan fingerprint density at radius 3 is 2.88 bits per heavy atom. The Morgan fingerprint density at radius 1 is 1.29 bits per heavy atom. The zero-order valence-corrected chi connectivity index (χ0v) is 10.2. The number of aromatic nitrogens is 1. The van der Waals surface area contributed by atoms with E-state index in [1.165, 1.54) is 30.3 Å². The highest BCUT2D eigenvalue weighted by Crippen LogP contribution is 2.28. The van der Waals surface area contributed by atoms with Gasteiger partial charge in [-0.1, -0.05) is 24.6 Å². The molecule has 88 valence electrons. The number of nitrogens with zero attached hydrogens (tertiary/aromatic N) is 1. The molecule has 1 N–H and O–H groups in total. The molecular formula is C15H18N2. The van der Waals surface area contributed by atoms with Gasteiger partial charge in [-0.15, -0.1) is 0 Å². The maximum atomic E-state index is 4.56. The summed E-state index contributed by atoms with van der Waals surface area (Å²) < 4.78 is 0. The summed E-state index contributed by atoms with van der Waals surface area (Å²) in [5, 5.41) is 4.82. The minimum atomic E-state index is 0.877. The Morgan fingerprint density at radius 2 is 2.12 bits per heavy atom. The third-order valence-corrected chi connectivity index (χ3v) is 3.65. The minimum Gasteiger partial charge on any atom is -0.384 e. The quantitative estimate of drug-likeness (QED) is 0.862. The van der Waals surface area contributed by atoms with Gasteiger partial charge in [-0.2, -0.15) is 0 Å². The lowest BCUT2D eigenvalue weighted by molar-refractivity contribution is 0.333. The van der Waals surface area contributed by atoms with Gasteiger partial charge >= 0.3 is 0 Å². The van der Waals surface area contributed by atoms with E-state index in [-0.39, 0.29) is 0 Å². The molecule has 1 aliphatic carbocycles. The first-order valence-corrected chi connectivity index (χ1v) is 6.43. The van der Waals surface area contributed by atoms with Gasteiger partial charge in [0.15, 0.2) is 0 Å². The van der Waals surface area contributed by atoms with Gasteiger partial charge in [0.2, 0.25) is 0 Å². The van der Waals surface area contributed by atoms with Crippen LogP contribution in [0.25, 0.3) is 10.9 Å². The van der Waals surface area contributed by atoms with Crippen LogP contribution in [0, 0.1) is 12.8 Å². The van der Waals surface area contributed by atoms with Crippen molar-refractivity contribution in [1.82, 2.24) is 4.98 Å². The molecule has 0 spiro atoms. The second-order valence-corrected chi connectivity index (χ2v) is 5.01. The van der Waals surface area contributed by atoms with Gasteiger partial charge in [-0.05, 0) is 37.8 Å². The van der Waals surface area contributed by atoms with Gasteiger partial charge < -0.3 is 5.32 Å². The monoisotopic (exact) mass is 226 g/mol. The molecule has 1 aromatic carbocycles. The van der Waals surface area contributed by atoms with E-state index in [1.54, 1.807) is 0 Å². The number of fused-ring (bicyclic) bond motifs is 1. The topological polar surface area (TPSA) is 24.9 Å². The summed E-state index contributed by atoms with van der Waals surface area (Å²) >= 11 is 0. The molecule has 0 radical (unpaired) electrons. The van der Waals surface area contributed by atoms with E-state index in [0.717, 1.165) is 23.7 Å². The lowest BCUT2D eigenvalue weighted by Gasteiger charge is -2.26. The lowest BCUT2D eigenvalue weighted by atomic mass is 9.85.